The van der Waals surface area contributed by atoms with Crippen molar-refractivity contribution in [2.45, 2.75) is 6.54 Å². The number of amides is 1. The molecule has 0 aliphatic rings. The van der Waals surface area contributed by atoms with Gasteiger partial charge in [0.1, 0.15) is 12.7 Å². The molecular formula is C21H17N5O. The molecule has 0 aliphatic carbocycles. The second kappa shape index (κ2) is 7.61. The smallest absolute Gasteiger partial charge is 0.252 e. The predicted molar refractivity (Wildman–Crippen MR) is 102 cm³/mol. The Morgan fingerprint density at radius 2 is 1.78 bits per heavy atom. The molecule has 0 aliphatic heterocycles. The lowest BCUT2D eigenvalue weighted by molar-refractivity contribution is 0.0951. The Bertz CT molecular complexity index is 1050. The first-order valence-electron chi connectivity index (χ1n) is 8.54. The minimum absolute atomic E-state index is 0.136. The van der Waals surface area contributed by atoms with Crippen LogP contribution in [0.5, 0.6) is 0 Å². The zero-order valence-electron chi connectivity index (χ0n) is 14.5. The van der Waals surface area contributed by atoms with E-state index in [1.807, 2.05) is 66.7 Å². The van der Waals surface area contributed by atoms with Gasteiger partial charge < -0.3 is 5.32 Å². The number of pyridine rings is 1. The molecule has 2 heterocycles. The van der Waals surface area contributed by atoms with E-state index in [2.05, 4.69) is 20.4 Å². The third kappa shape index (κ3) is 3.59. The first-order valence-corrected chi connectivity index (χ1v) is 8.54. The summed E-state index contributed by atoms with van der Waals surface area (Å²) in [6.07, 6.45) is 4.72. The van der Waals surface area contributed by atoms with Crippen molar-refractivity contribution in [1.29, 1.82) is 0 Å². The zero-order valence-corrected chi connectivity index (χ0v) is 14.5. The summed E-state index contributed by atoms with van der Waals surface area (Å²) in [7, 11) is 0. The van der Waals surface area contributed by atoms with Gasteiger partial charge in [-0.15, -0.1) is 0 Å². The molecule has 27 heavy (non-hydrogen) atoms. The van der Waals surface area contributed by atoms with E-state index in [9.17, 15) is 4.79 Å². The summed E-state index contributed by atoms with van der Waals surface area (Å²) in [6, 6.07) is 21.2. The molecule has 0 saturated heterocycles. The van der Waals surface area contributed by atoms with Crippen molar-refractivity contribution >= 4 is 5.91 Å². The summed E-state index contributed by atoms with van der Waals surface area (Å²) in [5, 5.41) is 7.10. The number of benzene rings is 2. The fourth-order valence-electron chi connectivity index (χ4n) is 2.91. The first-order chi connectivity index (χ1) is 13.3. The third-order valence-corrected chi connectivity index (χ3v) is 4.20. The van der Waals surface area contributed by atoms with Crippen molar-refractivity contribution < 1.29 is 4.79 Å². The van der Waals surface area contributed by atoms with E-state index in [1.54, 1.807) is 17.2 Å². The Labute approximate surface area is 156 Å². The van der Waals surface area contributed by atoms with Gasteiger partial charge in [-0.1, -0.05) is 54.6 Å². The van der Waals surface area contributed by atoms with Crippen LogP contribution in [0.3, 0.4) is 0 Å². The largest absolute Gasteiger partial charge is 0.348 e. The van der Waals surface area contributed by atoms with E-state index in [1.165, 1.54) is 6.33 Å². The van der Waals surface area contributed by atoms with Gasteiger partial charge in [0.2, 0.25) is 0 Å². The SMILES string of the molecule is O=C(NCc1cccnc1-n1cncn1)c1ccccc1-c1ccccc1. The minimum Gasteiger partial charge on any atom is -0.348 e. The molecule has 2 aromatic carbocycles. The number of aromatic nitrogens is 4. The molecule has 0 bridgehead atoms. The fraction of sp³-hybridized carbons (Fsp3) is 0.0476. The quantitative estimate of drug-likeness (QED) is 0.596. The molecule has 4 aromatic rings. The van der Waals surface area contributed by atoms with Crippen LogP contribution in [0.4, 0.5) is 0 Å². The van der Waals surface area contributed by atoms with Crippen LogP contribution in [0.1, 0.15) is 15.9 Å². The van der Waals surface area contributed by atoms with E-state index >= 15 is 0 Å². The van der Waals surface area contributed by atoms with E-state index in [0.717, 1.165) is 16.7 Å². The van der Waals surface area contributed by atoms with Crippen molar-refractivity contribution in [1.82, 2.24) is 25.1 Å². The van der Waals surface area contributed by atoms with Crippen molar-refractivity contribution in [3.8, 4) is 16.9 Å². The lowest BCUT2D eigenvalue weighted by atomic mass is 9.99. The first kappa shape index (κ1) is 16.7. The van der Waals surface area contributed by atoms with Gasteiger partial charge in [0, 0.05) is 23.9 Å². The minimum atomic E-state index is -0.136. The molecule has 4 rings (SSSR count). The van der Waals surface area contributed by atoms with E-state index in [-0.39, 0.29) is 5.91 Å². The van der Waals surface area contributed by atoms with Crippen LogP contribution < -0.4 is 5.32 Å². The molecule has 132 valence electrons. The Morgan fingerprint density at radius 3 is 2.59 bits per heavy atom. The number of carbonyl (C=O) groups is 1. The molecule has 1 amide bonds. The molecule has 0 fully saturated rings. The summed E-state index contributed by atoms with van der Waals surface area (Å²) in [6.45, 7) is 0.338. The van der Waals surface area contributed by atoms with Gasteiger partial charge in [-0.25, -0.2) is 14.6 Å². The Morgan fingerprint density at radius 1 is 0.963 bits per heavy atom. The zero-order chi connectivity index (χ0) is 18.5. The molecular weight excluding hydrogens is 338 g/mol. The highest BCUT2D eigenvalue weighted by Crippen LogP contribution is 2.23. The highest BCUT2D eigenvalue weighted by atomic mass is 16.1. The number of hydrogen-bond donors (Lipinski definition) is 1. The van der Waals surface area contributed by atoms with Crippen molar-refractivity contribution in [2.24, 2.45) is 0 Å². The maximum atomic E-state index is 12.8. The van der Waals surface area contributed by atoms with Crippen LogP contribution in [0.2, 0.25) is 0 Å². The average Bonchev–Trinajstić information content (AvgIpc) is 3.27. The van der Waals surface area contributed by atoms with Crippen LogP contribution >= 0.6 is 0 Å². The number of nitrogens with one attached hydrogen (secondary N) is 1. The molecule has 0 radical (unpaired) electrons. The highest BCUT2D eigenvalue weighted by Gasteiger charge is 2.13. The lowest BCUT2D eigenvalue weighted by Gasteiger charge is -2.12. The Balaban J connectivity index is 1.57. The van der Waals surface area contributed by atoms with Crippen molar-refractivity contribution in [3.63, 3.8) is 0 Å². The second-order valence-electron chi connectivity index (χ2n) is 5.92. The highest BCUT2D eigenvalue weighted by molar-refractivity contribution is 6.00. The molecule has 0 atom stereocenters. The van der Waals surface area contributed by atoms with Gasteiger partial charge in [0.05, 0.1) is 0 Å². The van der Waals surface area contributed by atoms with E-state index < -0.39 is 0 Å². The van der Waals surface area contributed by atoms with Crippen LogP contribution in [0.25, 0.3) is 16.9 Å². The maximum Gasteiger partial charge on any atom is 0.252 e. The molecule has 0 spiro atoms. The summed E-state index contributed by atoms with van der Waals surface area (Å²) in [5.41, 5.74) is 3.40. The van der Waals surface area contributed by atoms with Gasteiger partial charge in [0.25, 0.3) is 5.91 Å². The number of carbonyl (C=O) groups excluding carboxylic acids is 1. The normalized spacial score (nSPS) is 10.5. The molecule has 6 nitrogen and oxygen atoms in total. The van der Waals surface area contributed by atoms with Crippen molar-refractivity contribution in [2.75, 3.05) is 0 Å². The van der Waals surface area contributed by atoms with E-state index in [4.69, 9.17) is 0 Å². The maximum absolute atomic E-state index is 12.8. The average molecular weight is 355 g/mol. The number of nitrogens with zero attached hydrogens (tertiary/aromatic N) is 4. The fourth-order valence-corrected chi connectivity index (χ4v) is 2.91. The van der Waals surface area contributed by atoms with Crippen LogP contribution in [0.15, 0.2) is 85.6 Å². The summed E-state index contributed by atoms with van der Waals surface area (Å²) in [4.78, 5) is 21.1. The van der Waals surface area contributed by atoms with Gasteiger partial charge in [-0.2, -0.15) is 5.10 Å². The monoisotopic (exact) mass is 355 g/mol. The predicted octanol–water partition coefficient (Wildman–Crippen LogP) is 3.26. The van der Waals surface area contributed by atoms with Crippen molar-refractivity contribution in [3.05, 3.63) is 96.7 Å². The number of rotatable bonds is 5. The summed E-state index contributed by atoms with van der Waals surface area (Å²) >= 11 is 0. The molecule has 0 saturated carbocycles. The van der Waals surface area contributed by atoms with Gasteiger partial charge in [0.15, 0.2) is 5.82 Å². The molecule has 6 heteroatoms. The van der Waals surface area contributed by atoms with Crippen LogP contribution in [0, 0.1) is 0 Å². The third-order valence-electron chi connectivity index (χ3n) is 4.20. The summed E-state index contributed by atoms with van der Waals surface area (Å²) in [5.74, 6) is 0.509. The molecule has 2 aromatic heterocycles. The Hall–Kier alpha value is -3.80. The van der Waals surface area contributed by atoms with Gasteiger partial charge in [-0.3, -0.25) is 4.79 Å². The standard InChI is InChI=1S/C21H17N5O/c27-21(19-11-5-4-10-18(19)16-7-2-1-3-8-16)24-13-17-9-6-12-23-20(17)26-15-22-14-25-26/h1-12,14-15H,13H2,(H,24,27). The lowest BCUT2D eigenvalue weighted by Crippen LogP contribution is -2.24. The van der Waals surface area contributed by atoms with Gasteiger partial charge >= 0.3 is 0 Å². The second-order valence-corrected chi connectivity index (χ2v) is 5.92. The van der Waals surface area contributed by atoms with Crippen LogP contribution in [-0.4, -0.2) is 25.7 Å². The summed E-state index contributed by atoms with van der Waals surface area (Å²) < 4.78 is 1.58. The number of hydrogen-bond acceptors (Lipinski definition) is 4. The van der Waals surface area contributed by atoms with Crippen LogP contribution in [-0.2, 0) is 6.54 Å². The molecule has 1 N–H and O–H groups in total. The van der Waals surface area contributed by atoms with Gasteiger partial charge in [-0.05, 0) is 23.3 Å². The topological polar surface area (TPSA) is 72.7 Å². The Kier molecular flexibility index (Phi) is 4.70. The molecule has 0 unspecified atom stereocenters. The van der Waals surface area contributed by atoms with E-state index in [0.29, 0.717) is 17.9 Å².